The number of hydrogen-bond donors (Lipinski definition) is 3. The number of benzene rings is 1. The molecule has 2 heterocycles. The number of carbonyl (C=O) groups is 2. The van der Waals surface area contributed by atoms with Crippen LogP contribution in [0.2, 0.25) is 0 Å². The number of hydrogen-bond acceptors (Lipinski definition) is 7. The van der Waals surface area contributed by atoms with Gasteiger partial charge in [0.2, 0.25) is 5.91 Å². The first-order chi connectivity index (χ1) is 15.1. The lowest BCUT2D eigenvalue weighted by atomic mass is 9.85. The average Bonchev–Trinajstić information content (AvgIpc) is 3.35. The highest BCUT2D eigenvalue weighted by Crippen LogP contribution is 2.29. The summed E-state index contributed by atoms with van der Waals surface area (Å²) < 4.78 is 0. The van der Waals surface area contributed by atoms with Crippen molar-refractivity contribution in [3.63, 3.8) is 0 Å². The number of aliphatic hydroxyl groups excluding tert-OH is 1. The number of β-amino-alcohol motifs (C(OH)–C–C–N with tert-alkyl or cyclic N) is 1. The maximum Gasteiger partial charge on any atom is 0.275 e. The number of aryl methyl sites for hydroxylation is 1. The fourth-order valence-corrected chi connectivity index (χ4v) is 4.68. The van der Waals surface area contributed by atoms with Gasteiger partial charge in [-0.25, -0.2) is 4.98 Å². The second-order valence-corrected chi connectivity index (χ2v) is 9.97. The summed E-state index contributed by atoms with van der Waals surface area (Å²) in [6, 6.07) is 6.09. The molecule has 1 aromatic carbocycles. The third kappa shape index (κ3) is 5.46. The molecule has 0 saturated carbocycles. The number of thiazole rings is 1. The fourth-order valence-electron chi connectivity index (χ4n) is 3.87. The molecule has 2 aromatic rings. The van der Waals surface area contributed by atoms with Gasteiger partial charge in [-0.15, -0.1) is 11.3 Å². The van der Waals surface area contributed by atoms with Crippen molar-refractivity contribution in [2.75, 3.05) is 13.1 Å². The lowest BCUT2D eigenvalue weighted by Crippen LogP contribution is -2.56. The quantitative estimate of drug-likeness (QED) is 0.549. The summed E-state index contributed by atoms with van der Waals surface area (Å²) in [5.74, 6) is -0.178. The Balaban J connectivity index is 1.65. The maximum atomic E-state index is 13.2. The van der Waals surface area contributed by atoms with Crippen LogP contribution in [0.15, 0.2) is 29.8 Å². The van der Waals surface area contributed by atoms with Crippen molar-refractivity contribution >= 4 is 23.2 Å². The van der Waals surface area contributed by atoms with Gasteiger partial charge in [0.05, 0.1) is 28.2 Å². The first-order valence-corrected chi connectivity index (χ1v) is 11.7. The van der Waals surface area contributed by atoms with Gasteiger partial charge in [-0.05, 0) is 48.7 Å². The van der Waals surface area contributed by atoms with E-state index in [4.69, 9.17) is 4.84 Å². The lowest BCUT2D eigenvalue weighted by molar-refractivity contribution is -0.144. The average molecular weight is 461 g/mol. The van der Waals surface area contributed by atoms with Gasteiger partial charge in [0.15, 0.2) is 5.75 Å². The molecular formula is C23H32N4O4S. The predicted molar refractivity (Wildman–Crippen MR) is 124 cm³/mol. The van der Waals surface area contributed by atoms with Crippen LogP contribution in [0.3, 0.4) is 0 Å². The highest BCUT2D eigenvalue weighted by atomic mass is 32.1. The number of amides is 2. The number of carbonyl (C=O) groups excluding carboxylic acids is 2. The number of rotatable bonds is 7. The summed E-state index contributed by atoms with van der Waals surface area (Å²) in [5.41, 5.74) is 5.90. The van der Waals surface area contributed by atoms with Crippen LogP contribution in [0, 0.1) is 12.3 Å². The normalized spacial score (nSPS) is 19.6. The van der Waals surface area contributed by atoms with E-state index in [1.165, 1.54) is 4.90 Å². The molecule has 1 fully saturated rings. The van der Waals surface area contributed by atoms with E-state index < -0.39 is 24.1 Å². The van der Waals surface area contributed by atoms with E-state index in [1.807, 2.05) is 46.8 Å². The number of hydroxylamine groups is 1. The Hall–Kier alpha value is -2.49. The lowest BCUT2D eigenvalue weighted by Gasteiger charge is -2.35. The topological polar surface area (TPSA) is 104 Å². The first-order valence-electron chi connectivity index (χ1n) is 10.8. The third-order valence-electron chi connectivity index (χ3n) is 5.52. The molecule has 32 heavy (non-hydrogen) atoms. The van der Waals surface area contributed by atoms with Gasteiger partial charge in [0, 0.05) is 13.0 Å². The SMILES string of the molecule is CCN[C@H](C(=O)N1C[C@H](O)C[C@H]1C(=O)NOc1ccc(-c2scnc2C)cc1)C(C)(C)C. The van der Waals surface area contributed by atoms with Crippen molar-refractivity contribution < 1.29 is 19.5 Å². The fraction of sp³-hybridized carbons (Fsp3) is 0.522. The summed E-state index contributed by atoms with van der Waals surface area (Å²) in [6.45, 7) is 10.6. The molecule has 8 nitrogen and oxygen atoms in total. The molecule has 1 aromatic heterocycles. The zero-order valence-corrected chi connectivity index (χ0v) is 20.0. The molecule has 3 N–H and O–H groups in total. The monoisotopic (exact) mass is 460 g/mol. The van der Waals surface area contributed by atoms with E-state index in [9.17, 15) is 14.7 Å². The number of aromatic nitrogens is 1. The number of likely N-dealkylation sites (N-methyl/N-ethyl adjacent to an activating group) is 1. The summed E-state index contributed by atoms with van der Waals surface area (Å²) in [6.07, 6.45) is -0.577. The van der Waals surface area contributed by atoms with Crippen molar-refractivity contribution in [2.24, 2.45) is 5.41 Å². The second-order valence-electron chi connectivity index (χ2n) is 9.11. The van der Waals surface area contributed by atoms with E-state index in [0.29, 0.717) is 12.3 Å². The molecule has 3 rings (SSSR count). The van der Waals surface area contributed by atoms with Crippen molar-refractivity contribution in [3.8, 4) is 16.2 Å². The van der Waals surface area contributed by atoms with Gasteiger partial charge < -0.3 is 20.2 Å². The van der Waals surface area contributed by atoms with Crippen LogP contribution in [-0.4, -0.2) is 58.1 Å². The maximum absolute atomic E-state index is 13.2. The molecule has 0 unspecified atom stereocenters. The Morgan fingerprint density at radius 2 is 2.00 bits per heavy atom. The van der Waals surface area contributed by atoms with Crippen LogP contribution >= 0.6 is 11.3 Å². The minimum absolute atomic E-state index is 0.123. The molecule has 0 aliphatic carbocycles. The Kier molecular flexibility index (Phi) is 7.53. The Morgan fingerprint density at radius 1 is 1.31 bits per heavy atom. The smallest absolute Gasteiger partial charge is 0.275 e. The van der Waals surface area contributed by atoms with E-state index in [1.54, 1.807) is 29.0 Å². The predicted octanol–water partition coefficient (Wildman–Crippen LogP) is 2.51. The zero-order chi connectivity index (χ0) is 23.5. The molecule has 174 valence electrons. The van der Waals surface area contributed by atoms with Gasteiger partial charge in [0.25, 0.3) is 5.91 Å². The van der Waals surface area contributed by atoms with Crippen molar-refractivity contribution in [2.45, 2.75) is 59.2 Å². The van der Waals surface area contributed by atoms with Crippen LogP contribution in [0.25, 0.3) is 10.4 Å². The molecule has 9 heteroatoms. The highest BCUT2D eigenvalue weighted by molar-refractivity contribution is 7.13. The van der Waals surface area contributed by atoms with Crippen LogP contribution in [0.1, 0.15) is 39.8 Å². The largest absolute Gasteiger partial charge is 0.391 e. The van der Waals surface area contributed by atoms with Crippen LogP contribution < -0.4 is 15.6 Å². The molecular weight excluding hydrogens is 428 g/mol. The van der Waals surface area contributed by atoms with Gasteiger partial charge in [0.1, 0.15) is 6.04 Å². The Bertz CT molecular complexity index is 938. The molecule has 0 bridgehead atoms. The highest BCUT2D eigenvalue weighted by Gasteiger charge is 2.43. The van der Waals surface area contributed by atoms with E-state index >= 15 is 0 Å². The summed E-state index contributed by atoms with van der Waals surface area (Å²) in [7, 11) is 0. The van der Waals surface area contributed by atoms with E-state index in [2.05, 4.69) is 15.8 Å². The van der Waals surface area contributed by atoms with Crippen LogP contribution in [0.4, 0.5) is 0 Å². The van der Waals surface area contributed by atoms with Gasteiger partial charge in [-0.1, -0.05) is 27.7 Å². The molecule has 0 radical (unpaired) electrons. The Morgan fingerprint density at radius 3 is 2.56 bits per heavy atom. The summed E-state index contributed by atoms with van der Waals surface area (Å²) >= 11 is 1.57. The van der Waals surface area contributed by atoms with Crippen molar-refractivity contribution in [1.82, 2.24) is 20.7 Å². The first kappa shape index (κ1) is 24.2. The summed E-state index contributed by atoms with van der Waals surface area (Å²) in [5, 5.41) is 13.4. The summed E-state index contributed by atoms with van der Waals surface area (Å²) in [4.78, 5) is 38.3. The standard InChI is InChI=1S/C23H32N4O4S/c1-6-24-20(23(3,4)5)22(30)27-12-16(28)11-18(27)21(29)26-31-17-9-7-15(8-10-17)19-14(2)25-13-32-19/h7-10,13,16,18,20,24,28H,6,11-12H2,1-5H3,(H,26,29)/t16-,18+,20-/m1/s1. The van der Waals surface area contributed by atoms with Crippen molar-refractivity contribution in [1.29, 1.82) is 0 Å². The molecule has 1 aliphatic rings. The van der Waals surface area contributed by atoms with Crippen LogP contribution in [-0.2, 0) is 9.59 Å². The number of nitrogens with zero attached hydrogens (tertiary/aromatic N) is 2. The minimum Gasteiger partial charge on any atom is -0.391 e. The zero-order valence-electron chi connectivity index (χ0n) is 19.2. The minimum atomic E-state index is -0.792. The molecule has 0 spiro atoms. The number of likely N-dealkylation sites (tertiary alicyclic amines) is 1. The second kappa shape index (κ2) is 9.97. The van der Waals surface area contributed by atoms with E-state index in [-0.39, 0.29) is 24.3 Å². The third-order valence-corrected chi connectivity index (χ3v) is 6.50. The van der Waals surface area contributed by atoms with Crippen LogP contribution in [0.5, 0.6) is 5.75 Å². The van der Waals surface area contributed by atoms with Gasteiger partial charge in [-0.2, -0.15) is 5.48 Å². The Labute approximate surface area is 192 Å². The number of nitrogens with one attached hydrogen (secondary N) is 2. The van der Waals surface area contributed by atoms with E-state index in [0.717, 1.165) is 16.1 Å². The molecule has 3 atom stereocenters. The molecule has 1 saturated heterocycles. The van der Waals surface area contributed by atoms with Gasteiger partial charge in [-0.3, -0.25) is 9.59 Å². The van der Waals surface area contributed by atoms with Crippen molar-refractivity contribution in [3.05, 3.63) is 35.5 Å². The molecule has 1 aliphatic heterocycles. The number of aliphatic hydroxyl groups is 1. The van der Waals surface area contributed by atoms with Gasteiger partial charge >= 0.3 is 0 Å². The molecule has 2 amide bonds.